The molecule has 0 amide bonds. The maximum Gasteiger partial charge on any atom is 0.390 e. The number of carbonyl (C=O) groups excluding carboxylic acids is 1. The summed E-state index contributed by atoms with van der Waals surface area (Å²) in [6, 6.07) is 3.21. The van der Waals surface area contributed by atoms with Crippen molar-refractivity contribution in [3.05, 3.63) is 52.8 Å². The van der Waals surface area contributed by atoms with Gasteiger partial charge in [0.2, 0.25) is 5.78 Å². The van der Waals surface area contributed by atoms with Crippen molar-refractivity contribution in [2.45, 2.75) is 18.6 Å². The predicted molar refractivity (Wildman–Crippen MR) is 110 cm³/mol. The minimum Gasteiger partial charge on any atom is -0.383 e. The highest BCUT2D eigenvalue weighted by Crippen LogP contribution is 2.28. The third-order valence-corrected chi connectivity index (χ3v) is 4.78. The fourth-order valence-electron chi connectivity index (χ4n) is 3.23. The second kappa shape index (κ2) is 8.57. The van der Waals surface area contributed by atoms with Gasteiger partial charge in [0.25, 0.3) is 0 Å². The van der Waals surface area contributed by atoms with Gasteiger partial charge in [0.05, 0.1) is 17.0 Å². The molecule has 3 rings (SSSR count). The van der Waals surface area contributed by atoms with Crippen LogP contribution in [0.25, 0.3) is 5.83 Å². The van der Waals surface area contributed by atoms with Crippen LogP contribution in [-0.4, -0.2) is 47.6 Å². The van der Waals surface area contributed by atoms with Crippen LogP contribution < -0.4 is 16.0 Å². The SMILES string of the molecule is C=C(F)c1ccc(N2CCNC(CC(F)(F)F)C2)nc1C(=O)c1cc(Cl)cnc1N.[HH].[HH]. The smallest absolute Gasteiger partial charge is 0.383 e. The van der Waals surface area contributed by atoms with Crippen molar-refractivity contribution in [3.63, 3.8) is 0 Å². The third kappa shape index (κ3) is 5.06. The Hall–Kier alpha value is -2.72. The maximum atomic E-state index is 14.0. The highest BCUT2D eigenvalue weighted by Gasteiger charge is 2.34. The molecular weight excluding hydrogens is 426 g/mol. The average Bonchev–Trinajstić information content (AvgIpc) is 2.67. The molecule has 0 aliphatic carbocycles. The van der Waals surface area contributed by atoms with Crippen LogP contribution in [0.5, 0.6) is 0 Å². The first-order valence-electron chi connectivity index (χ1n) is 8.92. The van der Waals surface area contributed by atoms with Crippen molar-refractivity contribution in [1.82, 2.24) is 15.3 Å². The van der Waals surface area contributed by atoms with E-state index in [1.165, 1.54) is 24.4 Å². The van der Waals surface area contributed by atoms with Crippen molar-refractivity contribution >= 4 is 34.8 Å². The van der Waals surface area contributed by atoms with Gasteiger partial charge in [-0.15, -0.1) is 0 Å². The van der Waals surface area contributed by atoms with Crippen LogP contribution in [0.3, 0.4) is 0 Å². The Kier molecular flexibility index (Phi) is 6.27. The van der Waals surface area contributed by atoms with Gasteiger partial charge in [-0.2, -0.15) is 13.2 Å². The molecule has 0 bridgehead atoms. The summed E-state index contributed by atoms with van der Waals surface area (Å²) in [6.07, 6.45) is -4.06. The summed E-state index contributed by atoms with van der Waals surface area (Å²) in [4.78, 5) is 22.7. The molecule has 0 saturated carbocycles. The molecule has 0 radical (unpaired) electrons. The number of nitrogens with zero attached hydrogens (tertiary/aromatic N) is 3. The molecule has 11 heteroatoms. The van der Waals surface area contributed by atoms with E-state index >= 15 is 0 Å². The molecule has 2 aromatic heterocycles. The summed E-state index contributed by atoms with van der Waals surface area (Å²) in [5, 5.41) is 2.97. The zero-order valence-corrected chi connectivity index (χ0v) is 16.4. The van der Waals surface area contributed by atoms with E-state index in [-0.39, 0.29) is 42.9 Å². The Morgan fingerprint density at radius 1 is 1.40 bits per heavy atom. The van der Waals surface area contributed by atoms with Crippen molar-refractivity contribution in [2.24, 2.45) is 0 Å². The fraction of sp³-hybridized carbons (Fsp3) is 0.316. The van der Waals surface area contributed by atoms with E-state index < -0.39 is 30.2 Å². The molecular formula is C19H22ClF4N5O. The Morgan fingerprint density at radius 2 is 2.13 bits per heavy atom. The lowest BCUT2D eigenvalue weighted by Crippen LogP contribution is -2.52. The summed E-state index contributed by atoms with van der Waals surface area (Å²) in [5.74, 6) is -1.48. The van der Waals surface area contributed by atoms with Gasteiger partial charge >= 0.3 is 6.18 Å². The van der Waals surface area contributed by atoms with E-state index in [1.807, 2.05) is 0 Å². The van der Waals surface area contributed by atoms with Gasteiger partial charge < -0.3 is 16.0 Å². The first-order valence-corrected chi connectivity index (χ1v) is 9.29. The normalized spacial score (nSPS) is 17.1. The van der Waals surface area contributed by atoms with Crippen LogP contribution in [0.1, 0.15) is 30.9 Å². The Balaban J connectivity index is 0.00000256. The molecule has 164 valence electrons. The van der Waals surface area contributed by atoms with E-state index in [2.05, 4.69) is 21.9 Å². The number of halogens is 5. The summed E-state index contributed by atoms with van der Waals surface area (Å²) in [7, 11) is 0. The largest absolute Gasteiger partial charge is 0.390 e. The zero-order chi connectivity index (χ0) is 22.1. The second-order valence-electron chi connectivity index (χ2n) is 6.80. The van der Waals surface area contributed by atoms with Gasteiger partial charge in [0, 0.05) is 40.3 Å². The van der Waals surface area contributed by atoms with Gasteiger partial charge in [-0.25, -0.2) is 14.4 Å². The van der Waals surface area contributed by atoms with Crippen LogP contribution in [0.15, 0.2) is 31.0 Å². The number of anilines is 2. The summed E-state index contributed by atoms with van der Waals surface area (Å²) < 4.78 is 52.2. The molecule has 1 aliphatic rings. The van der Waals surface area contributed by atoms with Gasteiger partial charge in [-0.05, 0) is 18.2 Å². The van der Waals surface area contributed by atoms with E-state index in [9.17, 15) is 22.4 Å². The van der Waals surface area contributed by atoms with Crippen LogP contribution >= 0.6 is 11.6 Å². The lowest BCUT2D eigenvalue weighted by molar-refractivity contribution is -0.139. The first-order chi connectivity index (χ1) is 14.0. The number of piperazine rings is 1. The molecule has 3 N–H and O–H groups in total. The quantitative estimate of drug-likeness (QED) is 0.530. The van der Waals surface area contributed by atoms with Gasteiger partial charge in [-0.1, -0.05) is 18.2 Å². The summed E-state index contributed by atoms with van der Waals surface area (Å²) in [6.45, 7) is 3.91. The van der Waals surface area contributed by atoms with Crippen LogP contribution in [0.2, 0.25) is 5.02 Å². The number of carbonyl (C=O) groups is 1. The molecule has 30 heavy (non-hydrogen) atoms. The zero-order valence-electron chi connectivity index (χ0n) is 15.6. The van der Waals surface area contributed by atoms with Crippen LogP contribution in [0, 0.1) is 0 Å². The number of nitrogen functional groups attached to an aromatic ring is 1. The van der Waals surface area contributed by atoms with Gasteiger partial charge in [0.1, 0.15) is 23.2 Å². The second-order valence-corrected chi connectivity index (χ2v) is 7.24. The number of nitrogens with one attached hydrogen (secondary N) is 1. The molecule has 1 unspecified atom stereocenters. The number of alkyl halides is 3. The molecule has 1 aliphatic heterocycles. The molecule has 6 nitrogen and oxygen atoms in total. The fourth-order valence-corrected chi connectivity index (χ4v) is 3.38. The summed E-state index contributed by atoms with van der Waals surface area (Å²) in [5.41, 5.74) is 5.26. The molecule has 2 aromatic rings. The Bertz CT molecular complexity index is 993. The van der Waals surface area contributed by atoms with E-state index in [1.54, 1.807) is 4.90 Å². The number of rotatable bonds is 5. The lowest BCUT2D eigenvalue weighted by atomic mass is 10.0. The van der Waals surface area contributed by atoms with E-state index in [0.717, 1.165) is 0 Å². The number of aromatic nitrogens is 2. The molecule has 0 spiro atoms. The Morgan fingerprint density at radius 3 is 2.80 bits per heavy atom. The van der Waals surface area contributed by atoms with Crippen molar-refractivity contribution in [2.75, 3.05) is 30.3 Å². The van der Waals surface area contributed by atoms with E-state index in [4.69, 9.17) is 17.3 Å². The predicted octanol–water partition coefficient (Wildman–Crippen LogP) is 4.11. The number of ketones is 1. The average molecular weight is 448 g/mol. The highest BCUT2D eigenvalue weighted by atomic mass is 35.5. The highest BCUT2D eigenvalue weighted by molar-refractivity contribution is 6.31. The number of hydrogen-bond acceptors (Lipinski definition) is 6. The van der Waals surface area contributed by atoms with Crippen LogP contribution in [-0.2, 0) is 0 Å². The number of nitrogens with two attached hydrogens (primary N) is 1. The van der Waals surface area contributed by atoms with Crippen molar-refractivity contribution in [1.29, 1.82) is 0 Å². The van der Waals surface area contributed by atoms with Crippen LogP contribution in [0.4, 0.5) is 29.2 Å². The maximum absolute atomic E-state index is 14.0. The number of pyridine rings is 2. The van der Waals surface area contributed by atoms with Gasteiger partial charge in [-0.3, -0.25) is 4.79 Å². The lowest BCUT2D eigenvalue weighted by Gasteiger charge is -2.35. The molecule has 1 saturated heterocycles. The van der Waals surface area contributed by atoms with Gasteiger partial charge in [0.15, 0.2) is 0 Å². The molecule has 1 fully saturated rings. The van der Waals surface area contributed by atoms with Crippen molar-refractivity contribution in [3.8, 4) is 0 Å². The number of hydrogen-bond donors (Lipinski definition) is 2. The molecule has 0 aromatic carbocycles. The topological polar surface area (TPSA) is 84.1 Å². The molecule has 3 heterocycles. The summed E-state index contributed by atoms with van der Waals surface area (Å²) >= 11 is 5.88. The monoisotopic (exact) mass is 447 g/mol. The third-order valence-electron chi connectivity index (χ3n) is 4.57. The minimum atomic E-state index is -4.32. The Labute approximate surface area is 177 Å². The first kappa shape index (κ1) is 22.0. The van der Waals surface area contributed by atoms with Crippen molar-refractivity contribution < 1.29 is 25.2 Å². The standard InChI is InChI=1S/C19H18ClF4N5O.2H2/c1-10(21)13-2-3-15(29-5-4-26-12(9-29)7-19(22,23)24)28-16(13)17(30)14-6-11(20)8-27-18(14)25;;/h2-3,6,8,12,26H,1,4-5,7,9H2,(H2,25,27);2*1H. The minimum absolute atomic E-state index is 0. The van der Waals surface area contributed by atoms with E-state index in [0.29, 0.717) is 13.1 Å². The molecule has 1 atom stereocenters.